The second kappa shape index (κ2) is 5.78. The fourth-order valence-corrected chi connectivity index (χ4v) is 1.52. The minimum Gasteiger partial charge on any atom is -0.369 e. The van der Waals surface area contributed by atoms with Gasteiger partial charge in [0.2, 0.25) is 0 Å². The van der Waals surface area contributed by atoms with Crippen molar-refractivity contribution in [3.8, 4) is 6.07 Å². The SMILES string of the molecule is CCNc1cncc(Nc2ccc(C#N)cc2F)n1. The smallest absolute Gasteiger partial charge is 0.151 e. The van der Waals surface area contributed by atoms with Crippen LogP contribution in [0.5, 0.6) is 0 Å². The molecule has 0 aliphatic heterocycles. The van der Waals surface area contributed by atoms with Crippen LogP contribution >= 0.6 is 0 Å². The Balaban J connectivity index is 2.21. The molecule has 0 fully saturated rings. The van der Waals surface area contributed by atoms with E-state index in [1.165, 1.54) is 24.4 Å². The third kappa shape index (κ3) is 3.16. The lowest BCUT2D eigenvalue weighted by atomic mass is 10.2. The van der Waals surface area contributed by atoms with Crippen LogP contribution in [-0.4, -0.2) is 16.5 Å². The van der Waals surface area contributed by atoms with Gasteiger partial charge in [0.25, 0.3) is 0 Å². The number of rotatable bonds is 4. The van der Waals surface area contributed by atoms with Gasteiger partial charge in [-0.05, 0) is 25.1 Å². The highest BCUT2D eigenvalue weighted by atomic mass is 19.1. The monoisotopic (exact) mass is 257 g/mol. The maximum atomic E-state index is 13.7. The summed E-state index contributed by atoms with van der Waals surface area (Å²) < 4.78 is 13.7. The second-order valence-electron chi connectivity index (χ2n) is 3.75. The van der Waals surface area contributed by atoms with Gasteiger partial charge in [0.05, 0.1) is 29.7 Å². The Morgan fingerprint density at radius 1 is 1.32 bits per heavy atom. The van der Waals surface area contributed by atoms with Gasteiger partial charge in [0.15, 0.2) is 5.82 Å². The fraction of sp³-hybridized carbons (Fsp3) is 0.154. The number of anilines is 3. The zero-order valence-electron chi connectivity index (χ0n) is 10.3. The number of halogens is 1. The summed E-state index contributed by atoms with van der Waals surface area (Å²) in [6, 6.07) is 6.08. The zero-order chi connectivity index (χ0) is 13.7. The average molecular weight is 257 g/mol. The van der Waals surface area contributed by atoms with E-state index >= 15 is 0 Å². The standard InChI is InChI=1S/C13H12FN5/c1-2-17-12-7-16-8-13(19-12)18-11-4-3-9(6-15)5-10(11)14/h3-5,7-8H,2H2,1H3,(H2,17,18,19). The summed E-state index contributed by atoms with van der Waals surface area (Å²) in [6.07, 6.45) is 3.09. The highest BCUT2D eigenvalue weighted by molar-refractivity contribution is 5.58. The molecule has 0 saturated heterocycles. The van der Waals surface area contributed by atoms with E-state index in [1.54, 1.807) is 6.20 Å². The van der Waals surface area contributed by atoms with Crippen LogP contribution in [-0.2, 0) is 0 Å². The van der Waals surface area contributed by atoms with Crippen molar-refractivity contribution in [1.29, 1.82) is 5.26 Å². The van der Waals surface area contributed by atoms with E-state index in [0.717, 1.165) is 6.54 Å². The molecule has 0 aliphatic carbocycles. The summed E-state index contributed by atoms with van der Waals surface area (Å²) in [5, 5.41) is 14.5. The largest absolute Gasteiger partial charge is 0.369 e. The van der Waals surface area contributed by atoms with E-state index in [1.807, 2.05) is 13.0 Å². The molecule has 6 heteroatoms. The van der Waals surface area contributed by atoms with Crippen molar-refractivity contribution in [2.75, 3.05) is 17.2 Å². The molecular formula is C13H12FN5. The lowest BCUT2D eigenvalue weighted by Gasteiger charge is -2.08. The second-order valence-corrected chi connectivity index (χ2v) is 3.75. The summed E-state index contributed by atoms with van der Waals surface area (Å²) in [5.74, 6) is 0.540. The van der Waals surface area contributed by atoms with Crippen molar-refractivity contribution in [2.45, 2.75) is 6.92 Å². The average Bonchev–Trinajstić information content (AvgIpc) is 2.42. The predicted molar refractivity (Wildman–Crippen MR) is 70.6 cm³/mol. The third-order valence-electron chi connectivity index (χ3n) is 2.35. The highest BCUT2D eigenvalue weighted by Gasteiger charge is 2.05. The van der Waals surface area contributed by atoms with E-state index in [-0.39, 0.29) is 11.3 Å². The number of aromatic nitrogens is 2. The Kier molecular flexibility index (Phi) is 3.88. The quantitative estimate of drug-likeness (QED) is 0.880. The normalized spacial score (nSPS) is 9.74. The minimum atomic E-state index is -0.505. The molecule has 2 rings (SSSR count). The van der Waals surface area contributed by atoms with Gasteiger partial charge in [0.1, 0.15) is 11.6 Å². The summed E-state index contributed by atoms with van der Waals surface area (Å²) in [4.78, 5) is 8.23. The summed E-state index contributed by atoms with van der Waals surface area (Å²) in [7, 11) is 0. The lowest BCUT2D eigenvalue weighted by Crippen LogP contribution is -2.03. The number of hydrogen-bond acceptors (Lipinski definition) is 5. The molecule has 1 aromatic carbocycles. The van der Waals surface area contributed by atoms with Crippen molar-refractivity contribution >= 4 is 17.3 Å². The molecule has 0 aliphatic rings. The Morgan fingerprint density at radius 2 is 2.11 bits per heavy atom. The minimum absolute atomic E-state index is 0.252. The van der Waals surface area contributed by atoms with E-state index < -0.39 is 5.82 Å². The number of benzene rings is 1. The molecule has 1 heterocycles. The molecule has 19 heavy (non-hydrogen) atoms. The highest BCUT2D eigenvalue weighted by Crippen LogP contribution is 2.19. The van der Waals surface area contributed by atoms with E-state index in [4.69, 9.17) is 5.26 Å². The molecular weight excluding hydrogens is 245 g/mol. The molecule has 0 spiro atoms. The van der Waals surface area contributed by atoms with Gasteiger partial charge in [-0.2, -0.15) is 5.26 Å². The van der Waals surface area contributed by atoms with Crippen LogP contribution in [0.2, 0.25) is 0 Å². The van der Waals surface area contributed by atoms with Gasteiger partial charge < -0.3 is 10.6 Å². The van der Waals surface area contributed by atoms with Crippen molar-refractivity contribution in [3.05, 3.63) is 42.0 Å². The van der Waals surface area contributed by atoms with Crippen LogP contribution in [0.1, 0.15) is 12.5 Å². The van der Waals surface area contributed by atoms with Crippen molar-refractivity contribution in [1.82, 2.24) is 9.97 Å². The Bertz CT molecular complexity index is 621. The summed E-state index contributed by atoms with van der Waals surface area (Å²) in [6.45, 7) is 2.67. The van der Waals surface area contributed by atoms with E-state index in [2.05, 4.69) is 20.6 Å². The first-order chi connectivity index (χ1) is 9.22. The topological polar surface area (TPSA) is 73.6 Å². The number of nitrogens with one attached hydrogen (secondary N) is 2. The Labute approximate surface area is 110 Å². The van der Waals surface area contributed by atoms with Gasteiger partial charge in [-0.1, -0.05) is 0 Å². The molecule has 96 valence electrons. The predicted octanol–water partition coefficient (Wildman–Crippen LogP) is 2.66. The first-order valence-corrected chi connectivity index (χ1v) is 5.75. The van der Waals surface area contributed by atoms with Crippen molar-refractivity contribution in [2.24, 2.45) is 0 Å². The van der Waals surface area contributed by atoms with Crippen LogP contribution in [0.15, 0.2) is 30.6 Å². The van der Waals surface area contributed by atoms with Crippen LogP contribution in [0, 0.1) is 17.1 Å². The van der Waals surface area contributed by atoms with Gasteiger partial charge in [-0.25, -0.2) is 9.37 Å². The van der Waals surface area contributed by atoms with Crippen LogP contribution in [0.25, 0.3) is 0 Å². The molecule has 5 nitrogen and oxygen atoms in total. The molecule has 2 aromatic rings. The molecule has 0 radical (unpaired) electrons. The third-order valence-corrected chi connectivity index (χ3v) is 2.35. The lowest BCUT2D eigenvalue weighted by molar-refractivity contribution is 0.631. The number of hydrogen-bond donors (Lipinski definition) is 2. The van der Waals surface area contributed by atoms with Crippen molar-refractivity contribution in [3.63, 3.8) is 0 Å². The van der Waals surface area contributed by atoms with Crippen LogP contribution in [0.3, 0.4) is 0 Å². The van der Waals surface area contributed by atoms with Gasteiger partial charge >= 0.3 is 0 Å². The number of nitriles is 1. The zero-order valence-corrected chi connectivity index (χ0v) is 10.3. The van der Waals surface area contributed by atoms with Gasteiger partial charge in [-0.3, -0.25) is 4.98 Å². The molecule has 0 unspecified atom stereocenters. The molecule has 0 amide bonds. The maximum Gasteiger partial charge on any atom is 0.151 e. The number of nitrogens with zero attached hydrogens (tertiary/aromatic N) is 3. The molecule has 0 atom stereocenters. The van der Waals surface area contributed by atoms with Gasteiger partial charge in [-0.15, -0.1) is 0 Å². The van der Waals surface area contributed by atoms with Crippen molar-refractivity contribution < 1.29 is 4.39 Å². The first-order valence-electron chi connectivity index (χ1n) is 5.75. The first kappa shape index (κ1) is 12.8. The summed E-state index contributed by atoms with van der Waals surface area (Å²) in [5.41, 5.74) is 0.525. The van der Waals surface area contributed by atoms with E-state index in [9.17, 15) is 4.39 Å². The molecule has 0 saturated carbocycles. The van der Waals surface area contributed by atoms with Gasteiger partial charge in [0, 0.05) is 6.54 Å². The molecule has 2 N–H and O–H groups in total. The summed E-state index contributed by atoms with van der Waals surface area (Å²) >= 11 is 0. The maximum absolute atomic E-state index is 13.7. The van der Waals surface area contributed by atoms with Crippen LogP contribution < -0.4 is 10.6 Å². The molecule has 0 bridgehead atoms. The Hall–Kier alpha value is -2.68. The Morgan fingerprint density at radius 3 is 2.79 bits per heavy atom. The van der Waals surface area contributed by atoms with Crippen LogP contribution in [0.4, 0.5) is 21.7 Å². The fourth-order valence-electron chi connectivity index (χ4n) is 1.52. The molecule has 1 aromatic heterocycles. The van der Waals surface area contributed by atoms with E-state index in [0.29, 0.717) is 11.6 Å².